The maximum absolute atomic E-state index is 6.36. The van der Waals surface area contributed by atoms with Crippen molar-refractivity contribution in [2.75, 3.05) is 38.1 Å². The van der Waals surface area contributed by atoms with Gasteiger partial charge in [-0.3, -0.25) is 0 Å². The van der Waals surface area contributed by atoms with Crippen LogP contribution in [0, 0.1) is 0 Å². The molecule has 1 aliphatic heterocycles. The van der Waals surface area contributed by atoms with E-state index in [0.29, 0.717) is 11.1 Å². The summed E-state index contributed by atoms with van der Waals surface area (Å²) in [7, 11) is 2.13. The van der Waals surface area contributed by atoms with Crippen LogP contribution in [0.1, 0.15) is 13.8 Å². The summed E-state index contributed by atoms with van der Waals surface area (Å²) in [5.41, 5.74) is 1.01. The van der Waals surface area contributed by atoms with E-state index < -0.39 is 0 Å². The molecule has 2 rings (SSSR count). The predicted octanol–water partition coefficient (Wildman–Crippen LogP) is 4.01. The molecule has 0 spiro atoms. The molecule has 124 valence electrons. The normalized spacial score (nSPS) is 17.0. The Balaban J connectivity index is 2.08. The summed E-state index contributed by atoms with van der Waals surface area (Å²) in [6.07, 6.45) is 7.86. The van der Waals surface area contributed by atoms with E-state index in [1.807, 2.05) is 38.3 Å². The van der Waals surface area contributed by atoms with Crippen LogP contribution in [-0.2, 0) is 0 Å². The molecule has 1 aromatic heterocycles. The second kappa shape index (κ2) is 8.52. The van der Waals surface area contributed by atoms with Gasteiger partial charge in [0.05, 0.1) is 4.90 Å². The van der Waals surface area contributed by atoms with Crippen molar-refractivity contribution in [2.24, 2.45) is 0 Å². The van der Waals surface area contributed by atoms with E-state index in [2.05, 4.69) is 33.4 Å². The fourth-order valence-corrected chi connectivity index (χ4v) is 3.09. The largest absolute Gasteiger partial charge is 0.338 e. The second-order valence-electron chi connectivity index (χ2n) is 5.59. The number of likely N-dealkylation sites (N-methyl/N-ethyl adjacent to an activating group) is 1. The lowest BCUT2D eigenvalue weighted by Crippen LogP contribution is -2.45. The molecule has 0 atom stereocenters. The van der Waals surface area contributed by atoms with Crippen molar-refractivity contribution >= 4 is 29.3 Å². The maximum atomic E-state index is 6.36. The molecule has 0 radical (unpaired) electrons. The summed E-state index contributed by atoms with van der Waals surface area (Å²) in [6.45, 7) is 11.7. The number of hydrogen-bond donors (Lipinski definition) is 0. The van der Waals surface area contributed by atoms with Crippen LogP contribution >= 0.6 is 23.4 Å². The van der Waals surface area contributed by atoms with Crippen molar-refractivity contribution in [1.29, 1.82) is 0 Å². The summed E-state index contributed by atoms with van der Waals surface area (Å²) >= 11 is 7.93. The van der Waals surface area contributed by atoms with Gasteiger partial charge in [-0.25, -0.2) is 4.98 Å². The highest BCUT2D eigenvalue weighted by Gasteiger charge is 2.17. The number of aromatic nitrogens is 2. The Hall–Kier alpha value is -1.30. The maximum Gasteiger partial charge on any atom is 0.226 e. The Morgan fingerprint density at radius 2 is 2.00 bits per heavy atom. The van der Waals surface area contributed by atoms with Crippen LogP contribution in [0.5, 0.6) is 0 Å². The van der Waals surface area contributed by atoms with Gasteiger partial charge >= 0.3 is 0 Å². The summed E-state index contributed by atoms with van der Waals surface area (Å²) in [5, 5.41) is 0.502. The molecule has 6 heteroatoms. The second-order valence-corrected chi connectivity index (χ2v) is 7.06. The monoisotopic (exact) mass is 350 g/mol. The fourth-order valence-electron chi connectivity index (χ4n) is 2.11. The van der Waals surface area contributed by atoms with Gasteiger partial charge in [0.2, 0.25) is 5.95 Å². The van der Waals surface area contributed by atoms with E-state index in [1.54, 1.807) is 11.8 Å². The molecule has 0 amide bonds. The van der Waals surface area contributed by atoms with Crippen molar-refractivity contribution in [3.8, 4) is 0 Å². The number of thioether (sulfide) groups is 1. The van der Waals surface area contributed by atoms with Gasteiger partial charge in [-0.05, 0) is 27.0 Å². The van der Waals surface area contributed by atoms with Gasteiger partial charge in [-0.2, -0.15) is 4.98 Å². The van der Waals surface area contributed by atoms with Gasteiger partial charge in [-0.1, -0.05) is 47.7 Å². The molecule has 4 nitrogen and oxygen atoms in total. The van der Waals surface area contributed by atoms with E-state index in [9.17, 15) is 0 Å². The Bertz CT molecular complexity index is 619. The number of hydrogen-bond acceptors (Lipinski definition) is 5. The van der Waals surface area contributed by atoms with E-state index in [4.69, 9.17) is 11.6 Å². The molecule has 23 heavy (non-hydrogen) atoms. The van der Waals surface area contributed by atoms with Gasteiger partial charge < -0.3 is 9.80 Å². The summed E-state index contributed by atoms with van der Waals surface area (Å²) < 4.78 is 0. The highest BCUT2D eigenvalue weighted by atomic mass is 35.5. The van der Waals surface area contributed by atoms with E-state index in [0.717, 1.165) is 41.6 Å². The van der Waals surface area contributed by atoms with Crippen LogP contribution < -0.4 is 4.90 Å². The molecule has 1 fully saturated rings. The van der Waals surface area contributed by atoms with Crippen LogP contribution in [0.2, 0.25) is 5.15 Å². The summed E-state index contributed by atoms with van der Waals surface area (Å²) in [4.78, 5) is 15.4. The average Bonchev–Trinajstić information content (AvgIpc) is 2.53. The number of rotatable bonds is 5. The molecule has 2 heterocycles. The minimum absolute atomic E-state index is 0.502. The Morgan fingerprint density at radius 3 is 2.57 bits per heavy atom. The Labute approximate surface area is 147 Å². The van der Waals surface area contributed by atoms with Gasteiger partial charge in [-0.15, -0.1) is 0 Å². The zero-order valence-corrected chi connectivity index (χ0v) is 15.5. The first-order valence-electron chi connectivity index (χ1n) is 7.63. The number of piperazine rings is 1. The molecule has 0 aromatic carbocycles. The van der Waals surface area contributed by atoms with E-state index in [-0.39, 0.29) is 0 Å². The van der Waals surface area contributed by atoms with Gasteiger partial charge in [0.25, 0.3) is 0 Å². The molecule has 0 unspecified atom stereocenters. The summed E-state index contributed by atoms with van der Waals surface area (Å²) in [6, 6.07) is 0. The molecular formula is C17H23ClN4S. The van der Waals surface area contributed by atoms with Crippen LogP contribution in [0.4, 0.5) is 5.95 Å². The molecule has 1 saturated heterocycles. The molecule has 1 aliphatic rings. The zero-order valence-electron chi connectivity index (χ0n) is 13.9. The minimum Gasteiger partial charge on any atom is -0.338 e. The third kappa shape index (κ3) is 5.37. The zero-order chi connectivity index (χ0) is 16.8. The predicted molar refractivity (Wildman–Crippen MR) is 100 cm³/mol. The fraction of sp³-hybridized carbons (Fsp3) is 0.412. The standard InChI is InChI=1S/C17H23ClN4S/c1-5-14(7-6-13(2)3)23-15-12-19-17(20-16(15)18)22-10-8-21(4)9-11-22/h5-7,12H,2,8-11H2,1,3-4H3/b7-6-,14-5?. The molecule has 0 saturated carbocycles. The van der Waals surface area contributed by atoms with Gasteiger partial charge in [0.1, 0.15) is 5.15 Å². The number of halogens is 1. The van der Waals surface area contributed by atoms with Gasteiger partial charge in [0.15, 0.2) is 0 Å². The van der Waals surface area contributed by atoms with E-state index >= 15 is 0 Å². The molecular weight excluding hydrogens is 328 g/mol. The number of nitrogens with zero attached hydrogens (tertiary/aromatic N) is 4. The lowest BCUT2D eigenvalue weighted by Gasteiger charge is -2.32. The van der Waals surface area contributed by atoms with Crippen molar-refractivity contribution in [3.05, 3.63) is 46.6 Å². The van der Waals surface area contributed by atoms with Crippen LogP contribution in [0.25, 0.3) is 0 Å². The molecule has 1 aromatic rings. The SMILES string of the molecule is C=C(C)/C=C\C(=CC)Sc1cnc(N2CCN(C)CC2)nc1Cl. The van der Waals surface area contributed by atoms with Crippen molar-refractivity contribution in [3.63, 3.8) is 0 Å². The van der Waals surface area contributed by atoms with Crippen LogP contribution in [-0.4, -0.2) is 48.1 Å². The van der Waals surface area contributed by atoms with E-state index in [1.165, 1.54) is 0 Å². The topological polar surface area (TPSA) is 32.3 Å². The first-order valence-corrected chi connectivity index (χ1v) is 8.83. The Kier molecular flexibility index (Phi) is 6.69. The Morgan fingerprint density at radius 1 is 1.30 bits per heavy atom. The van der Waals surface area contributed by atoms with Crippen LogP contribution in [0.3, 0.4) is 0 Å². The highest BCUT2D eigenvalue weighted by molar-refractivity contribution is 8.03. The first kappa shape index (κ1) is 18.0. The number of anilines is 1. The lowest BCUT2D eigenvalue weighted by atomic mass is 10.3. The smallest absolute Gasteiger partial charge is 0.226 e. The van der Waals surface area contributed by atoms with Crippen molar-refractivity contribution in [1.82, 2.24) is 14.9 Å². The summed E-state index contributed by atoms with van der Waals surface area (Å²) in [5.74, 6) is 0.715. The first-order chi connectivity index (χ1) is 11.0. The molecule has 0 aliphatic carbocycles. The van der Waals surface area contributed by atoms with Crippen LogP contribution in [0.15, 0.2) is 46.4 Å². The van der Waals surface area contributed by atoms with Gasteiger partial charge in [0, 0.05) is 37.3 Å². The third-order valence-electron chi connectivity index (χ3n) is 3.53. The molecule has 0 bridgehead atoms. The van der Waals surface area contributed by atoms with Crippen molar-refractivity contribution < 1.29 is 0 Å². The average molecular weight is 351 g/mol. The number of allylic oxidation sites excluding steroid dienone is 4. The lowest BCUT2D eigenvalue weighted by molar-refractivity contribution is 0.311. The van der Waals surface area contributed by atoms with Crippen molar-refractivity contribution in [2.45, 2.75) is 18.7 Å². The third-order valence-corrected chi connectivity index (χ3v) is 5.06. The highest BCUT2D eigenvalue weighted by Crippen LogP contribution is 2.32. The quantitative estimate of drug-likeness (QED) is 0.455. The molecule has 0 N–H and O–H groups in total. The minimum atomic E-state index is 0.502.